The molecule has 0 radical (unpaired) electrons. The van der Waals surface area contributed by atoms with Crippen molar-refractivity contribution >= 4 is 17.8 Å². The molecule has 2 aliphatic rings. The number of alkyl halides is 3. The van der Waals surface area contributed by atoms with E-state index in [2.05, 4.69) is 5.32 Å². The number of carbonyl (C=O) groups is 3. The summed E-state index contributed by atoms with van der Waals surface area (Å²) in [6.45, 7) is 1.61. The molecule has 2 fully saturated rings. The Kier molecular flexibility index (Phi) is 5.60. The number of nitrogens with one attached hydrogen (secondary N) is 1. The first-order valence-electron chi connectivity index (χ1n) is 9.59. The maximum absolute atomic E-state index is 12.9. The number of urea groups is 1. The van der Waals surface area contributed by atoms with Gasteiger partial charge in [-0.1, -0.05) is 31.9 Å². The van der Waals surface area contributed by atoms with Crippen LogP contribution >= 0.6 is 0 Å². The van der Waals surface area contributed by atoms with E-state index >= 15 is 0 Å². The van der Waals surface area contributed by atoms with Gasteiger partial charge in [0.15, 0.2) is 0 Å². The molecule has 4 amide bonds. The van der Waals surface area contributed by atoms with Crippen LogP contribution in [0.15, 0.2) is 24.3 Å². The van der Waals surface area contributed by atoms with Crippen molar-refractivity contribution in [3.63, 3.8) is 0 Å². The van der Waals surface area contributed by atoms with Gasteiger partial charge in [-0.2, -0.15) is 13.2 Å². The molecule has 2 atom stereocenters. The van der Waals surface area contributed by atoms with E-state index in [1.54, 1.807) is 0 Å². The zero-order chi connectivity index (χ0) is 21.4. The van der Waals surface area contributed by atoms with Crippen LogP contribution in [0.1, 0.15) is 43.7 Å². The molecule has 0 aromatic heterocycles. The zero-order valence-corrected chi connectivity index (χ0v) is 16.4. The van der Waals surface area contributed by atoms with Crippen molar-refractivity contribution in [2.45, 2.75) is 50.9 Å². The van der Waals surface area contributed by atoms with Crippen LogP contribution in [0.4, 0.5) is 18.0 Å². The maximum Gasteiger partial charge on any atom is 0.416 e. The molecule has 1 N–H and O–H groups in total. The number of hydrogen-bond donors (Lipinski definition) is 1. The third-order valence-corrected chi connectivity index (χ3v) is 5.92. The van der Waals surface area contributed by atoms with E-state index in [1.165, 1.54) is 24.1 Å². The van der Waals surface area contributed by atoms with Gasteiger partial charge in [0, 0.05) is 13.6 Å². The molecule has 1 aliphatic carbocycles. The first-order valence-corrected chi connectivity index (χ1v) is 9.59. The van der Waals surface area contributed by atoms with E-state index in [9.17, 15) is 27.6 Å². The van der Waals surface area contributed by atoms with Crippen LogP contribution in [0.25, 0.3) is 0 Å². The van der Waals surface area contributed by atoms with Crippen molar-refractivity contribution in [1.82, 2.24) is 15.1 Å². The number of carbonyl (C=O) groups excluding carboxylic acids is 3. The van der Waals surface area contributed by atoms with Gasteiger partial charge in [0.05, 0.1) is 5.56 Å². The van der Waals surface area contributed by atoms with Crippen molar-refractivity contribution in [2.24, 2.45) is 5.92 Å². The quantitative estimate of drug-likeness (QED) is 0.774. The van der Waals surface area contributed by atoms with Crippen LogP contribution in [-0.2, 0) is 22.3 Å². The summed E-state index contributed by atoms with van der Waals surface area (Å²) < 4.78 is 37.9. The first-order chi connectivity index (χ1) is 13.5. The van der Waals surface area contributed by atoms with E-state index < -0.39 is 35.8 Å². The highest BCUT2D eigenvalue weighted by molar-refractivity contribution is 6.09. The van der Waals surface area contributed by atoms with E-state index in [0.29, 0.717) is 12.0 Å². The Hall–Kier alpha value is -2.58. The van der Waals surface area contributed by atoms with Crippen molar-refractivity contribution in [1.29, 1.82) is 0 Å². The van der Waals surface area contributed by atoms with Gasteiger partial charge >= 0.3 is 12.2 Å². The molecule has 158 valence electrons. The smallest absolute Gasteiger partial charge is 0.340 e. The monoisotopic (exact) mass is 411 g/mol. The van der Waals surface area contributed by atoms with Gasteiger partial charge in [-0.25, -0.2) is 4.79 Å². The largest absolute Gasteiger partial charge is 0.416 e. The number of halogens is 3. The lowest BCUT2D eigenvalue weighted by molar-refractivity contribution is -0.140. The Labute approximate surface area is 167 Å². The summed E-state index contributed by atoms with van der Waals surface area (Å²) in [7, 11) is 1.48. The molecule has 1 spiro atoms. The van der Waals surface area contributed by atoms with Crippen LogP contribution < -0.4 is 5.32 Å². The van der Waals surface area contributed by atoms with E-state index in [0.717, 1.165) is 36.3 Å². The van der Waals surface area contributed by atoms with Crippen LogP contribution in [-0.4, -0.2) is 46.8 Å². The predicted octanol–water partition coefficient (Wildman–Crippen LogP) is 3.16. The first kappa shape index (κ1) is 21.1. The molecule has 1 aromatic carbocycles. The molecule has 0 bridgehead atoms. The van der Waals surface area contributed by atoms with Crippen LogP contribution in [0.5, 0.6) is 0 Å². The van der Waals surface area contributed by atoms with Gasteiger partial charge in [-0.15, -0.1) is 0 Å². The fraction of sp³-hybridized carbons (Fsp3) is 0.550. The molecule has 3 rings (SSSR count). The highest BCUT2D eigenvalue weighted by Crippen LogP contribution is 2.38. The molecule has 1 aromatic rings. The number of rotatable bonds is 4. The fourth-order valence-corrected chi connectivity index (χ4v) is 4.06. The molecule has 9 heteroatoms. The summed E-state index contributed by atoms with van der Waals surface area (Å²) in [4.78, 5) is 40.1. The lowest BCUT2D eigenvalue weighted by atomic mass is 9.73. The Balaban J connectivity index is 1.63. The van der Waals surface area contributed by atoms with Gasteiger partial charge in [-0.05, 0) is 36.5 Å². The number of amides is 4. The zero-order valence-electron chi connectivity index (χ0n) is 16.4. The normalized spacial score (nSPS) is 24.7. The summed E-state index contributed by atoms with van der Waals surface area (Å²) in [5.74, 6) is -0.836. The number of benzene rings is 1. The van der Waals surface area contributed by atoms with Crippen LogP contribution in [0.3, 0.4) is 0 Å². The second-order valence-corrected chi connectivity index (χ2v) is 7.88. The highest BCUT2D eigenvalue weighted by atomic mass is 19.4. The van der Waals surface area contributed by atoms with Gasteiger partial charge in [-0.3, -0.25) is 14.5 Å². The van der Waals surface area contributed by atoms with Crippen LogP contribution in [0.2, 0.25) is 0 Å². The van der Waals surface area contributed by atoms with Crippen LogP contribution in [0, 0.1) is 5.92 Å². The minimum atomic E-state index is -4.42. The van der Waals surface area contributed by atoms with Crippen molar-refractivity contribution in [2.75, 3.05) is 13.6 Å². The topological polar surface area (TPSA) is 69.7 Å². The Morgan fingerprint density at radius 2 is 1.90 bits per heavy atom. The highest BCUT2D eigenvalue weighted by Gasteiger charge is 2.55. The average molecular weight is 411 g/mol. The fourth-order valence-electron chi connectivity index (χ4n) is 4.06. The van der Waals surface area contributed by atoms with Crippen molar-refractivity contribution < 1.29 is 27.6 Å². The Bertz CT molecular complexity index is 809. The SMILES string of the molecule is CC1CCCCC12NC(=O)N(CC(=O)N(C)Cc1ccc(C(F)(F)F)cc1)C2=O. The van der Waals surface area contributed by atoms with E-state index in [-0.39, 0.29) is 18.4 Å². The van der Waals surface area contributed by atoms with Gasteiger partial charge < -0.3 is 10.2 Å². The number of hydrogen-bond acceptors (Lipinski definition) is 3. The molecule has 1 heterocycles. The number of likely N-dealkylation sites (N-methyl/N-ethyl adjacent to an activating group) is 1. The molecule has 1 saturated heterocycles. The third kappa shape index (κ3) is 4.09. The van der Waals surface area contributed by atoms with Gasteiger partial charge in [0.1, 0.15) is 12.1 Å². The standard InChI is InChI=1S/C20H24F3N3O3/c1-13-5-3-4-10-19(13)17(28)26(18(29)24-19)12-16(27)25(2)11-14-6-8-15(9-7-14)20(21,22)23/h6-9,13H,3-5,10-12H2,1-2H3,(H,24,29). The minimum Gasteiger partial charge on any atom is -0.340 e. The Morgan fingerprint density at radius 1 is 1.24 bits per heavy atom. The molecule has 29 heavy (non-hydrogen) atoms. The lowest BCUT2D eigenvalue weighted by Crippen LogP contribution is -2.54. The summed E-state index contributed by atoms with van der Waals surface area (Å²) in [6, 6.07) is 3.96. The molecule has 1 saturated carbocycles. The lowest BCUT2D eigenvalue weighted by Gasteiger charge is -2.36. The summed E-state index contributed by atoms with van der Waals surface area (Å²) in [5.41, 5.74) is -1.17. The summed E-state index contributed by atoms with van der Waals surface area (Å²) in [5, 5.41) is 2.79. The number of imide groups is 1. The summed E-state index contributed by atoms with van der Waals surface area (Å²) in [6.07, 6.45) is -1.19. The molecular formula is C20H24F3N3O3. The third-order valence-electron chi connectivity index (χ3n) is 5.92. The second kappa shape index (κ2) is 7.68. The molecule has 2 unspecified atom stereocenters. The van der Waals surface area contributed by atoms with E-state index in [4.69, 9.17) is 0 Å². The molecule has 1 aliphatic heterocycles. The van der Waals surface area contributed by atoms with Crippen molar-refractivity contribution in [3.8, 4) is 0 Å². The predicted molar refractivity (Wildman–Crippen MR) is 98.5 cm³/mol. The number of nitrogens with zero attached hydrogens (tertiary/aromatic N) is 2. The minimum absolute atomic E-state index is 0.00215. The van der Waals surface area contributed by atoms with Gasteiger partial charge in [0.2, 0.25) is 5.91 Å². The summed E-state index contributed by atoms with van der Waals surface area (Å²) >= 11 is 0. The van der Waals surface area contributed by atoms with Crippen molar-refractivity contribution in [3.05, 3.63) is 35.4 Å². The second-order valence-electron chi connectivity index (χ2n) is 7.88. The average Bonchev–Trinajstić information content (AvgIpc) is 2.89. The molecule has 6 nitrogen and oxygen atoms in total. The molecular weight excluding hydrogens is 387 g/mol. The Morgan fingerprint density at radius 3 is 2.48 bits per heavy atom. The maximum atomic E-state index is 12.9. The van der Waals surface area contributed by atoms with Gasteiger partial charge in [0.25, 0.3) is 5.91 Å². The van der Waals surface area contributed by atoms with E-state index in [1.807, 2.05) is 6.92 Å².